The van der Waals surface area contributed by atoms with Crippen LogP contribution in [0, 0.1) is 5.41 Å². The summed E-state index contributed by atoms with van der Waals surface area (Å²) in [4.78, 5) is 9.70. The maximum Gasteiger partial charge on any atom is 0.303 e. The first-order valence-corrected chi connectivity index (χ1v) is 3.02. The minimum absolute atomic E-state index is 0. The van der Waals surface area contributed by atoms with E-state index in [0.29, 0.717) is 13.0 Å². The molecule has 74 valence electrons. The SMILES string of the molecule is Cl.N=C(N)N.NCCCC(=O)O. The molecule has 0 radical (unpaired) electrons. The largest absolute Gasteiger partial charge is 0.481 e. The van der Waals surface area contributed by atoms with E-state index in [1.165, 1.54) is 0 Å². The molecule has 0 aliphatic rings. The van der Waals surface area contributed by atoms with E-state index in [1.54, 1.807) is 0 Å². The van der Waals surface area contributed by atoms with E-state index in [9.17, 15) is 4.79 Å². The normalized spacial score (nSPS) is 7.08. The van der Waals surface area contributed by atoms with Crippen molar-refractivity contribution in [3.8, 4) is 0 Å². The molecule has 0 unspecified atom stereocenters. The Bertz CT molecular complexity index is 127. The third-order valence-corrected chi connectivity index (χ3v) is 0.595. The fourth-order valence-corrected chi connectivity index (χ4v) is 0.253. The van der Waals surface area contributed by atoms with Crippen LogP contribution in [0.5, 0.6) is 0 Å². The Morgan fingerprint density at radius 2 is 1.75 bits per heavy atom. The summed E-state index contributed by atoms with van der Waals surface area (Å²) in [5.74, 6) is -1.11. The lowest BCUT2D eigenvalue weighted by Gasteiger charge is -1.86. The summed E-state index contributed by atoms with van der Waals surface area (Å²) < 4.78 is 0. The van der Waals surface area contributed by atoms with Gasteiger partial charge in [0.1, 0.15) is 0 Å². The molecule has 0 aromatic carbocycles. The van der Waals surface area contributed by atoms with Gasteiger partial charge in [-0.3, -0.25) is 10.2 Å². The number of carbonyl (C=O) groups is 1. The van der Waals surface area contributed by atoms with E-state index in [1.807, 2.05) is 0 Å². The second-order valence-corrected chi connectivity index (χ2v) is 1.74. The highest BCUT2D eigenvalue weighted by molar-refractivity contribution is 5.85. The maximum atomic E-state index is 9.70. The standard InChI is InChI=1S/C4H9NO2.CH5N3.ClH/c5-3-1-2-4(6)7;2-1(3)4;/h1-3,5H2,(H,6,7);(H5,2,3,4);1H. The van der Waals surface area contributed by atoms with Gasteiger partial charge >= 0.3 is 5.97 Å². The van der Waals surface area contributed by atoms with E-state index in [0.717, 1.165) is 0 Å². The zero-order valence-corrected chi connectivity index (χ0v) is 7.43. The second-order valence-electron chi connectivity index (χ2n) is 1.74. The van der Waals surface area contributed by atoms with Gasteiger partial charge < -0.3 is 22.3 Å². The number of halogens is 1. The van der Waals surface area contributed by atoms with Crippen molar-refractivity contribution in [2.24, 2.45) is 17.2 Å². The summed E-state index contributed by atoms with van der Waals surface area (Å²) in [6.45, 7) is 0.465. The molecule has 0 amide bonds. The van der Waals surface area contributed by atoms with Crippen LogP contribution < -0.4 is 17.2 Å². The van der Waals surface area contributed by atoms with Crippen LogP contribution >= 0.6 is 12.4 Å². The van der Waals surface area contributed by atoms with Gasteiger partial charge in [-0.1, -0.05) is 0 Å². The lowest BCUT2D eigenvalue weighted by molar-refractivity contribution is -0.137. The summed E-state index contributed by atoms with van der Waals surface area (Å²) in [6.07, 6.45) is 0.770. The van der Waals surface area contributed by atoms with Gasteiger partial charge in [0.05, 0.1) is 0 Å². The van der Waals surface area contributed by atoms with Gasteiger partial charge in [0.2, 0.25) is 0 Å². The first-order chi connectivity index (χ1) is 5.00. The van der Waals surface area contributed by atoms with Gasteiger partial charge in [-0.25, -0.2) is 0 Å². The topological polar surface area (TPSA) is 139 Å². The third kappa shape index (κ3) is 64.2. The molecule has 0 bridgehead atoms. The van der Waals surface area contributed by atoms with Crippen LogP contribution in [0.2, 0.25) is 0 Å². The average molecular weight is 199 g/mol. The Hall–Kier alpha value is -1.01. The van der Waals surface area contributed by atoms with Gasteiger partial charge in [-0.2, -0.15) is 0 Å². The Labute approximate surface area is 77.0 Å². The first kappa shape index (κ1) is 17.2. The van der Waals surface area contributed by atoms with Crippen molar-refractivity contribution in [3.05, 3.63) is 0 Å². The summed E-state index contributed by atoms with van der Waals surface area (Å²) >= 11 is 0. The molecule has 0 saturated carbocycles. The molecular formula is C5H15ClN4O2. The summed E-state index contributed by atoms with van der Waals surface area (Å²) in [5, 5.41) is 14.0. The molecule has 8 N–H and O–H groups in total. The van der Waals surface area contributed by atoms with Crippen molar-refractivity contribution >= 4 is 24.3 Å². The fraction of sp³-hybridized carbons (Fsp3) is 0.600. The van der Waals surface area contributed by atoms with Crippen molar-refractivity contribution in [2.75, 3.05) is 6.54 Å². The molecule has 0 heterocycles. The highest BCUT2D eigenvalue weighted by atomic mass is 35.5. The van der Waals surface area contributed by atoms with Crippen molar-refractivity contribution in [2.45, 2.75) is 12.8 Å². The van der Waals surface area contributed by atoms with Crippen LogP contribution in [0.1, 0.15) is 12.8 Å². The van der Waals surface area contributed by atoms with Crippen LogP contribution in [0.15, 0.2) is 0 Å². The average Bonchev–Trinajstić information content (AvgIpc) is 1.82. The fourth-order valence-electron chi connectivity index (χ4n) is 0.253. The van der Waals surface area contributed by atoms with E-state index >= 15 is 0 Å². The first-order valence-electron chi connectivity index (χ1n) is 3.02. The molecule has 6 nitrogen and oxygen atoms in total. The molecule has 0 rings (SSSR count). The van der Waals surface area contributed by atoms with E-state index in [4.69, 9.17) is 16.2 Å². The zero-order chi connectivity index (χ0) is 9.28. The molecule has 7 heteroatoms. The zero-order valence-electron chi connectivity index (χ0n) is 6.62. The number of guanidine groups is 1. The van der Waals surface area contributed by atoms with E-state index < -0.39 is 5.97 Å². The molecule has 0 aliphatic heterocycles. The van der Waals surface area contributed by atoms with Crippen molar-refractivity contribution in [3.63, 3.8) is 0 Å². The number of hydrogen-bond acceptors (Lipinski definition) is 3. The quantitative estimate of drug-likeness (QED) is 0.295. The third-order valence-electron chi connectivity index (χ3n) is 0.595. The number of nitrogens with two attached hydrogens (primary N) is 3. The van der Waals surface area contributed by atoms with Crippen LogP contribution in [0.3, 0.4) is 0 Å². The summed E-state index contributed by atoms with van der Waals surface area (Å²) in [6, 6.07) is 0. The minimum Gasteiger partial charge on any atom is -0.481 e. The van der Waals surface area contributed by atoms with Crippen molar-refractivity contribution in [1.29, 1.82) is 5.41 Å². The second kappa shape index (κ2) is 12.6. The number of carboxylic acids is 1. The molecule has 0 aliphatic carbocycles. The number of hydrogen-bond donors (Lipinski definition) is 5. The van der Waals surface area contributed by atoms with E-state index in [2.05, 4.69) is 11.5 Å². The predicted octanol–water partition coefficient (Wildman–Crippen LogP) is -0.930. The van der Waals surface area contributed by atoms with Gasteiger partial charge in [-0.05, 0) is 13.0 Å². The van der Waals surface area contributed by atoms with Gasteiger partial charge in [-0.15, -0.1) is 12.4 Å². The smallest absolute Gasteiger partial charge is 0.303 e. The van der Waals surface area contributed by atoms with Crippen LogP contribution in [0.25, 0.3) is 0 Å². The Kier molecular flexibility index (Phi) is 18.1. The lowest BCUT2D eigenvalue weighted by Crippen LogP contribution is -2.20. The number of carboxylic acid groups (broad SMARTS) is 1. The van der Waals surface area contributed by atoms with Gasteiger partial charge in [0.25, 0.3) is 0 Å². The molecule has 0 atom stereocenters. The predicted molar refractivity (Wildman–Crippen MR) is 49.3 cm³/mol. The lowest BCUT2D eigenvalue weighted by atomic mass is 10.3. The molecule has 0 saturated heterocycles. The number of aliphatic carboxylic acids is 1. The molecule has 0 aromatic rings. The van der Waals surface area contributed by atoms with Crippen LogP contribution in [-0.4, -0.2) is 23.6 Å². The van der Waals surface area contributed by atoms with Crippen molar-refractivity contribution < 1.29 is 9.90 Å². The molecular weight excluding hydrogens is 184 g/mol. The summed E-state index contributed by atoms with van der Waals surface area (Å²) in [5.41, 5.74) is 14.0. The number of rotatable bonds is 3. The highest BCUT2D eigenvalue weighted by Gasteiger charge is 1.91. The van der Waals surface area contributed by atoms with Crippen LogP contribution in [0.4, 0.5) is 0 Å². The molecule has 0 spiro atoms. The Balaban J connectivity index is -0.000000142. The van der Waals surface area contributed by atoms with Gasteiger partial charge in [0, 0.05) is 6.42 Å². The van der Waals surface area contributed by atoms with Crippen LogP contribution in [-0.2, 0) is 4.79 Å². The van der Waals surface area contributed by atoms with E-state index in [-0.39, 0.29) is 24.8 Å². The summed E-state index contributed by atoms with van der Waals surface area (Å²) in [7, 11) is 0. The Morgan fingerprint density at radius 3 is 1.83 bits per heavy atom. The Morgan fingerprint density at radius 1 is 1.42 bits per heavy atom. The molecule has 12 heavy (non-hydrogen) atoms. The van der Waals surface area contributed by atoms with Crippen molar-refractivity contribution in [1.82, 2.24) is 0 Å². The number of nitrogens with one attached hydrogen (secondary N) is 1. The molecule has 0 fully saturated rings. The molecule has 0 aromatic heterocycles. The monoisotopic (exact) mass is 198 g/mol. The minimum atomic E-state index is -0.773. The maximum absolute atomic E-state index is 9.70. The highest BCUT2D eigenvalue weighted by Crippen LogP contribution is 1.82. The van der Waals surface area contributed by atoms with Gasteiger partial charge in [0.15, 0.2) is 5.96 Å².